The van der Waals surface area contributed by atoms with Gasteiger partial charge in [-0.2, -0.15) is 0 Å². The highest BCUT2D eigenvalue weighted by atomic mass is 16.5. The summed E-state index contributed by atoms with van der Waals surface area (Å²) in [6.07, 6.45) is 2.07. The third-order valence-corrected chi connectivity index (χ3v) is 3.03. The van der Waals surface area contributed by atoms with E-state index < -0.39 is 11.9 Å². The second-order valence-corrected chi connectivity index (χ2v) is 4.79. The summed E-state index contributed by atoms with van der Waals surface area (Å²) >= 11 is 0. The van der Waals surface area contributed by atoms with Gasteiger partial charge >= 0.3 is 11.9 Å². The molecule has 0 aliphatic carbocycles. The Morgan fingerprint density at radius 1 is 0.957 bits per heavy atom. The van der Waals surface area contributed by atoms with E-state index in [2.05, 4.69) is 0 Å². The van der Waals surface area contributed by atoms with Crippen LogP contribution in [0, 0.1) is 6.92 Å². The molecule has 0 aliphatic rings. The first-order valence-corrected chi connectivity index (χ1v) is 6.80. The number of ether oxygens (including phenoxy) is 1. The Kier molecular flexibility index (Phi) is 5.04. The Morgan fingerprint density at radius 3 is 2.26 bits per heavy atom. The van der Waals surface area contributed by atoms with Gasteiger partial charge < -0.3 is 9.84 Å². The van der Waals surface area contributed by atoms with E-state index >= 15 is 0 Å². The molecule has 0 atom stereocenters. The normalized spacial score (nSPS) is 10.5. The zero-order chi connectivity index (χ0) is 16.8. The van der Waals surface area contributed by atoms with Crippen molar-refractivity contribution >= 4 is 17.7 Å². The maximum atomic E-state index is 11.9. The lowest BCUT2D eigenvalue weighted by molar-refractivity contribution is -0.129. The van der Waals surface area contributed by atoms with Crippen LogP contribution in [0.25, 0.3) is 0 Å². The minimum atomic E-state index is -1.20. The number of rotatable bonds is 5. The van der Waals surface area contributed by atoms with Crippen molar-refractivity contribution in [3.05, 3.63) is 77.4 Å². The highest BCUT2D eigenvalue weighted by Crippen LogP contribution is 2.18. The third-order valence-electron chi connectivity index (χ3n) is 3.03. The summed E-state index contributed by atoms with van der Waals surface area (Å²) < 4.78 is 4.95. The molecule has 2 rings (SSSR count). The molecule has 0 spiro atoms. The fraction of sp³-hybridized carbons (Fsp3) is 0.0556. The molecule has 2 aromatic rings. The number of benzene rings is 2. The third kappa shape index (κ3) is 4.38. The van der Waals surface area contributed by atoms with Crippen molar-refractivity contribution in [2.45, 2.75) is 6.92 Å². The van der Waals surface area contributed by atoms with E-state index in [9.17, 15) is 14.4 Å². The first-order chi connectivity index (χ1) is 11.0. The highest BCUT2D eigenvalue weighted by Gasteiger charge is 2.12. The molecule has 0 aromatic heterocycles. The molecule has 23 heavy (non-hydrogen) atoms. The average Bonchev–Trinajstić information content (AvgIpc) is 2.53. The Hall–Kier alpha value is -3.21. The maximum absolute atomic E-state index is 11.9. The molecule has 5 heteroatoms. The van der Waals surface area contributed by atoms with Crippen LogP contribution in [0.3, 0.4) is 0 Å². The van der Waals surface area contributed by atoms with Gasteiger partial charge in [0.1, 0.15) is 11.3 Å². The Morgan fingerprint density at radius 2 is 1.61 bits per heavy atom. The van der Waals surface area contributed by atoms with E-state index in [4.69, 9.17) is 9.84 Å². The SMILES string of the molecule is Cc1ccc(C(=O)/C=C/C(=O)Oc2ccccc2C(=O)O)cc1. The van der Waals surface area contributed by atoms with Crippen LogP contribution in [0.1, 0.15) is 26.3 Å². The summed E-state index contributed by atoms with van der Waals surface area (Å²) in [6, 6.07) is 12.7. The number of aromatic carboxylic acids is 1. The molecule has 0 aliphatic heterocycles. The van der Waals surface area contributed by atoms with E-state index in [1.54, 1.807) is 30.3 Å². The molecule has 0 heterocycles. The molecular weight excluding hydrogens is 296 g/mol. The number of esters is 1. The number of carbonyl (C=O) groups is 3. The minimum Gasteiger partial charge on any atom is -0.478 e. The lowest BCUT2D eigenvalue weighted by Crippen LogP contribution is -2.09. The number of hydrogen-bond acceptors (Lipinski definition) is 4. The van der Waals surface area contributed by atoms with Crippen LogP contribution in [-0.4, -0.2) is 22.8 Å². The van der Waals surface area contributed by atoms with Crippen molar-refractivity contribution in [1.82, 2.24) is 0 Å². The van der Waals surface area contributed by atoms with Crippen molar-refractivity contribution in [1.29, 1.82) is 0 Å². The molecule has 1 N–H and O–H groups in total. The summed E-state index contributed by atoms with van der Waals surface area (Å²) in [5.41, 5.74) is 1.35. The molecule has 0 saturated heterocycles. The van der Waals surface area contributed by atoms with Crippen LogP contribution < -0.4 is 4.74 Å². The van der Waals surface area contributed by atoms with Gasteiger partial charge in [-0.05, 0) is 25.1 Å². The maximum Gasteiger partial charge on any atom is 0.339 e. The Bertz CT molecular complexity index is 772. The number of carboxylic acid groups (broad SMARTS) is 1. The van der Waals surface area contributed by atoms with Gasteiger partial charge in [-0.3, -0.25) is 4.79 Å². The average molecular weight is 310 g/mol. The zero-order valence-corrected chi connectivity index (χ0v) is 12.4. The fourth-order valence-electron chi connectivity index (χ4n) is 1.83. The van der Waals surface area contributed by atoms with E-state index in [1.165, 1.54) is 18.2 Å². The van der Waals surface area contributed by atoms with Gasteiger partial charge in [-0.15, -0.1) is 0 Å². The van der Waals surface area contributed by atoms with Crippen LogP contribution >= 0.6 is 0 Å². The van der Waals surface area contributed by atoms with Crippen LogP contribution in [0.4, 0.5) is 0 Å². The number of allylic oxidation sites excluding steroid dienone is 1. The van der Waals surface area contributed by atoms with Crippen molar-refractivity contribution in [3.8, 4) is 5.75 Å². The minimum absolute atomic E-state index is 0.0718. The second-order valence-electron chi connectivity index (χ2n) is 4.79. The van der Waals surface area contributed by atoms with Crippen LogP contribution in [0.15, 0.2) is 60.7 Å². The van der Waals surface area contributed by atoms with E-state index in [0.717, 1.165) is 17.7 Å². The molecule has 0 amide bonds. The highest BCUT2D eigenvalue weighted by molar-refractivity contribution is 6.07. The van der Waals surface area contributed by atoms with Gasteiger partial charge in [0.15, 0.2) is 5.78 Å². The largest absolute Gasteiger partial charge is 0.478 e. The summed E-state index contributed by atoms with van der Waals surface area (Å²) in [5, 5.41) is 9.00. The molecule has 0 radical (unpaired) electrons. The molecule has 0 saturated carbocycles. The first-order valence-electron chi connectivity index (χ1n) is 6.80. The molecule has 0 bridgehead atoms. The number of hydrogen-bond donors (Lipinski definition) is 1. The summed E-state index contributed by atoms with van der Waals surface area (Å²) in [4.78, 5) is 34.6. The summed E-state index contributed by atoms with van der Waals surface area (Å²) in [5.74, 6) is -2.43. The van der Waals surface area contributed by atoms with E-state index in [1.807, 2.05) is 6.92 Å². The molecule has 2 aromatic carbocycles. The van der Waals surface area contributed by atoms with Crippen molar-refractivity contribution in [2.75, 3.05) is 0 Å². The molecule has 0 fully saturated rings. The number of para-hydroxylation sites is 1. The predicted molar refractivity (Wildman–Crippen MR) is 83.7 cm³/mol. The standard InChI is InChI=1S/C18H14O5/c1-12-6-8-13(9-7-12)15(19)10-11-17(20)23-16-5-3-2-4-14(16)18(21)22/h2-11H,1H3,(H,21,22)/b11-10+. The molecule has 5 nitrogen and oxygen atoms in total. The number of aryl methyl sites for hydroxylation is 1. The summed E-state index contributed by atoms with van der Waals surface area (Å²) in [7, 11) is 0. The van der Waals surface area contributed by atoms with E-state index in [0.29, 0.717) is 5.56 Å². The van der Waals surface area contributed by atoms with Gasteiger partial charge in [-0.25, -0.2) is 9.59 Å². The molecule has 116 valence electrons. The van der Waals surface area contributed by atoms with Gasteiger partial charge in [0.2, 0.25) is 0 Å². The topological polar surface area (TPSA) is 80.7 Å². The van der Waals surface area contributed by atoms with Gasteiger partial charge in [0.05, 0.1) is 0 Å². The van der Waals surface area contributed by atoms with Crippen LogP contribution in [-0.2, 0) is 4.79 Å². The second kappa shape index (κ2) is 7.17. The predicted octanol–water partition coefficient (Wildman–Crippen LogP) is 3.04. The zero-order valence-electron chi connectivity index (χ0n) is 12.4. The van der Waals surface area contributed by atoms with Crippen LogP contribution in [0.2, 0.25) is 0 Å². The summed E-state index contributed by atoms with van der Waals surface area (Å²) in [6.45, 7) is 1.90. The quantitative estimate of drug-likeness (QED) is 0.397. The first kappa shape index (κ1) is 16.2. The number of ketones is 1. The lowest BCUT2D eigenvalue weighted by atomic mass is 10.1. The number of carboxylic acids is 1. The lowest BCUT2D eigenvalue weighted by Gasteiger charge is -2.04. The van der Waals surface area contributed by atoms with Gasteiger partial charge in [-0.1, -0.05) is 42.0 Å². The van der Waals surface area contributed by atoms with Crippen molar-refractivity contribution < 1.29 is 24.2 Å². The number of carbonyl (C=O) groups excluding carboxylic acids is 2. The van der Waals surface area contributed by atoms with Gasteiger partial charge in [0, 0.05) is 11.6 Å². The van der Waals surface area contributed by atoms with Crippen molar-refractivity contribution in [3.63, 3.8) is 0 Å². The van der Waals surface area contributed by atoms with Gasteiger partial charge in [0.25, 0.3) is 0 Å². The fourth-order valence-corrected chi connectivity index (χ4v) is 1.83. The Labute approximate surface area is 132 Å². The monoisotopic (exact) mass is 310 g/mol. The van der Waals surface area contributed by atoms with E-state index in [-0.39, 0.29) is 17.1 Å². The van der Waals surface area contributed by atoms with Crippen molar-refractivity contribution in [2.24, 2.45) is 0 Å². The Balaban J connectivity index is 2.06. The molecular formula is C18H14O5. The molecule has 0 unspecified atom stereocenters. The smallest absolute Gasteiger partial charge is 0.339 e. The van der Waals surface area contributed by atoms with Crippen LogP contribution in [0.5, 0.6) is 5.75 Å².